The molecule has 27 heavy (non-hydrogen) atoms. The Bertz CT molecular complexity index is 786. The largest absolute Gasteiger partial charge is 0.573 e. The van der Waals surface area contributed by atoms with Gasteiger partial charge >= 0.3 is 12.3 Å². The van der Waals surface area contributed by atoms with Gasteiger partial charge in [-0.25, -0.2) is 0 Å². The van der Waals surface area contributed by atoms with Crippen LogP contribution in [0.1, 0.15) is 30.4 Å². The maximum Gasteiger partial charge on any atom is 0.573 e. The zero-order chi connectivity index (χ0) is 20.0. The summed E-state index contributed by atoms with van der Waals surface area (Å²) in [6.45, 7) is 1.57. The molecule has 0 saturated heterocycles. The fourth-order valence-electron chi connectivity index (χ4n) is 2.34. The first-order chi connectivity index (χ1) is 12.6. The van der Waals surface area contributed by atoms with Gasteiger partial charge in [-0.05, 0) is 48.7 Å². The highest BCUT2D eigenvalue weighted by molar-refractivity contribution is 5.90. The van der Waals surface area contributed by atoms with Crippen LogP contribution in [0.3, 0.4) is 0 Å². The molecule has 144 valence electrons. The van der Waals surface area contributed by atoms with E-state index in [1.165, 1.54) is 24.3 Å². The van der Waals surface area contributed by atoms with Gasteiger partial charge in [-0.2, -0.15) is 0 Å². The Kier molecular flexibility index (Phi) is 6.44. The molecule has 0 aliphatic carbocycles. The number of ether oxygens (including phenoxy) is 1. The number of benzene rings is 2. The standard InChI is InChI=1S/C19H18F3NO4/c1-12(18(25)26)14-5-7-15(8-6-14)23-17(24)11-4-13-2-9-16(10-3-13)27-19(20,21)22/h2-3,5-10,12H,4,11H2,1H3,(H,23,24)(H,25,26). The van der Waals surface area contributed by atoms with Crippen molar-refractivity contribution in [2.24, 2.45) is 0 Å². The predicted octanol–water partition coefficient (Wildman–Crippen LogP) is 4.34. The van der Waals surface area contributed by atoms with Gasteiger partial charge in [0.2, 0.25) is 5.91 Å². The van der Waals surface area contributed by atoms with E-state index in [1.807, 2.05) is 0 Å². The van der Waals surface area contributed by atoms with Gasteiger partial charge < -0.3 is 15.2 Å². The summed E-state index contributed by atoms with van der Waals surface area (Å²) in [6.07, 6.45) is -4.24. The van der Waals surface area contributed by atoms with Crippen molar-refractivity contribution in [2.45, 2.75) is 32.0 Å². The van der Waals surface area contributed by atoms with Crippen molar-refractivity contribution in [2.75, 3.05) is 5.32 Å². The van der Waals surface area contributed by atoms with E-state index in [4.69, 9.17) is 5.11 Å². The molecule has 0 spiro atoms. The summed E-state index contributed by atoms with van der Waals surface area (Å²) < 4.78 is 40.1. The average molecular weight is 381 g/mol. The monoisotopic (exact) mass is 381 g/mol. The molecule has 2 aromatic rings. The third-order valence-electron chi connectivity index (χ3n) is 3.86. The molecule has 0 aromatic heterocycles. The maximum absolute atomic E-state index is 12.1. The Labute approximate surface area is 153 Å². The van der Waals surface area contributed by atoms with E-state index in [0.717, 1.165) is 0 Å². The minimum atomic E-state index is -4.74. The van der Waals surface area contributed by atoms with Crippen LogP contribution in [0.4, 0.5) is 18.9 Å². The Morgan fingerprint density at radius 3 is 2.19 bits per heavy atom. The summed E-state index contributed by atoms with van der Waals surface area (Å²) >= 11 is 0. The quantitative estimate of drug-likeness (QED) is 0.748. The average Bonchev–Trinajstić information content (AvgIpc) is 2.60. The number of hydrogen-bond donors (Lipinski definition) is 2. The number of anilines is 1. The molecule has 0 bridgehead atoms. The van der Waals surface area contributed by atoms with E-state index >= 15 is 0 Å². The molecule has 0 saturated carbocycles. The number of carbonyl (C=O) groups excluding carboxylic acids is 1. The number of carboxylic acid groups (broad SMARTS) is 1. The van der Waals surface area contributed by atoms with E-state index < -0.39 is 18.2 Å². The van der Waals surface area contributed by atoms with Gasteiger partial charge in [0.15, 0.2) is 0 Å². The fourth-order valence-corrected chi connectivity index (χ4v) is 2.34. The van der Waals surface area contributed by atoms with E-state index in [1.54, 1.807) is 31.2 Å². The summed E-state index contributed by atoms with van der Waals surface area (Å²) in [4.78, 5) is 22.9. The van der Waals surface area contributed by atoms with Crippen molar-refractivity contribution in [3.63, 3.8) is 0 Å². The second kappa shape index (κ2) is 8.57. The Hall–Kier alpha value is -3.03. The molecule has 0 fully saturated rings. The van der Waals surface area contributed by atoms with Gasteiger partial charge in [0.05, 0.1) is 5.92 Å². The van der Waals surface area contributed by atoms with Gasteiger partial charge in [-0.15, -0.1) is 13.2 Å². The number of aryl methyl sites for hydroxylation is 1. The maximum atomic E-state index is 12.1. The second-order valence-electron chi connectivity index (χ2n) is 5.92. The Morgan fingerprint density at radius 1 is 1.07 bits per heavy atom. The zero-order valence-electron chi connectivity index (χ0n) is 14.4. The van der Waals surface area contributed by atoms with Crippen molar-refractivity contribution in [3.05, 3.63) is 59.7 Å². The molecule has 2 aromatic carbocycles. The smallest absolute Gasteiger partial charge is 0.481 e. The number of amides is 1. The van der Waals surface area contributed by atoms with Gasteiger partial charge in [0.1, 0.15) is 5.75 Å². The van der Waals surface area contributed by atoms with Crippen LogP contribution in [0.2, 0.25) is 0 Å². The molecule has 0 radical (unpaired) electrons. The van der Waals surface area contributed by atoms with Crippen LogP contribution < -0.4 is 10.1 Å². The first kappa shape index (κ1) is 20.3. The molecule has 1 unspecified atom stereocenters. The Morgan fingerprint density at radius 2 is 1.67 bits per heavy atom. The normalized spacial score (nSPS) is 12.3. The molecule has 1 amide bonds. The first-order valence-corrected chi connectivity index (χ1v) is 8.11. The number of halogens is 3. The number of carboxylic acids is 1. The highest BCUT2D eigenvalue weighted by atomic mass is 19.4. The lowest BCUT2D eigenvalue weighted by molar-refractivity contribution is -0.274. The van der Waals surface area contributed by atoms with Crippen LogP contribution in [0.15, 0.2) is 48.5 Å². The van der Waals surface area contributed by atoms with Crippen molar-refractivity contribution in [1.82, 2.24) is 0 Å². The number of alkyl halides is 3. The van der Waals surface area contributed by atoms with Crippen LogP contribution in [0, 0.1) is 0 Å². The lowest BCUT2D eigenvalue weighted by Crippen LogP contribution is -2.17. The molecular weight excluding hydrogens is 363 g/mol. The molecule has 5 nitrogen and oxygen atoms in total. The van der Waals surface area contributed by atoms with Crippen molar-refractivity contribution in [3.8, 4) is 5.75 Å². The van der Waals surface area contributed by atoms with E-state index in [9.17, 15) is 22.8 Å². The van der Waals surface area contributed by atoms with Crippen LogP contribution in [-0.4, -0.2) is 23.3 Å². The third-order valence-corrected chi connectivity index (χ3v) is 3.86. The number of hydrogen-bond acceptors (Lipinski definition) is 3. The predicted molar refractivity (Wildman–Crippen MR) is 92.6 cm³/mol. The zero-order valence-corrected chi connectivity index (χ0v) is 14.4. The SMILES string of the molecule is CC(C(=O)O)c1ccc(NC(=O)CCc2ccc(OC(F)(F)F)cc2)cc1. The summed E-state index contributed by atoms with van der Waals surface area (Å²) in [7, 11) is 0. The summed E-state index contributed by atoms with van der Waals surface area (Å²) in [5.41, 5.74) is 1.86. The number of carbonyl (C=O) groups is 2. The first-order valence-electron chi connectivity index (χ1n) is 8.11. The van der Waals surface area contributed by atoms with E-state index in [-0.39, 0.29) is 18.1 Å². The lowest BCUT2D eigenvalue weighted by atomic mass is 10.0. The van der Waals surface area contributed by atoms with Gasteiger partial charge in [0, 0.05) is 12.1 Å². The molecule has 8 heteroatoms. The molecule has 0 aliphatic heterocycles. The topological polar surface area (TPSA) is 75.6 Å². The minimum absolute atomic E-state index is 0.146. The number of aliphatic carboxylic acids is 1. The van der Waals surface area contributed by atoms with Gasteiger partial charge in [0.25, 0.3) is 0 Å². The van der Waals surface area contributed by atoms with Crippen LogP contribution in [-0.2, 0) is 16.0 Å². The van der Waals surface area contributed by atoms with Crippen LogP contribution in [0.25, 0.3) is 0 Å². The molecule has 0 aliphatic rings. The summed E-state index contributed by atoms with van der Waals surface area (Å²) in [6, 6.07) is 11.8. The fraction of sp³-hybridized carbons (Fsp3) is 0.263. The van der Waals surface area contributed by atoms with E-state index in [2.05, 4.69) is 10.1 Å². The highest BCUT2D eigenvalue weighted by Crippen LogP contribution is 2.23. The molecule has 1 atom stereocenters. The highest BCUT2D eigenvalue weighted by Gasteiger charge is 2.30. The third kappa shape index (κ3) is 6.65. The van der Waals surface area contributed by atoms with Crippen molar-refractivity contribution < 1.29 is 32.6 Å². The molecular formula is C19H18F3NO4. The van der Waals surface area contributed by atoms with Crippen molar-refractivity contribution in [1.29, 1.82) is 0 Å². The van der Waals surface area contributed by atoms with Crippen LogP contribution >= 0.6 is 0 Å². The second-order valence-corrected chi connectivity index (χ2v) is 5.92. The van der Waals surface area contributed by atoms with E-state index in [0.29, 0.717) is 23.2 Å². The summed E-state index contributed by atoms with van der Waals surface area (Å²) in [5, 5.41) is 11.7. The number of rotatable bonds is 7. The molecule has 0 heterocycles. The van der Waals surface area contributed by atoms with Crippen molar-refractivity contribution >= 4 is 17.6 Å². The minimum Gasteiger partial charge on any atom is -0.481 e. The van der Waals surface area contributed by atoms with Crippen LogP contribution in [0.5, 0.6) is 5.75 Å². The molecule has 2 N–H and O–H groups in total. The number of nitrogens with one attached hydrogen (secondary N) is 1. The summed E-state index contributed by atoms with van der Waals surface area (Å²) in [5.74, 6) is -2.14. The Balaban J connectivity index is 1.84. The lowest BCUT2D eigenvalue weighted by Gasteiger charge is -2.10. The van der Waals surface area contributed by atoms with Gasteiger partial charge in [-0.3, -0.25) is 9.59 Å². The molecule has 2 rings (SSSR count). The van der Waals surface area contributed by atoms with Gasteiger partial charge in [-0.1, -0.05) is 24.3 Å².